The molecule has 0 spiro atoms. The lowest BCUT2D eigenvalue weighted by atomic mass is 10.1. The van der Waals surface area contributed by atoms with Crippen molar-refractivity contribution in [2.75, 3.05) is 13.2 Å². The summed E-state index contributed by atoms with van der Waals surface area (Å²) in [6, 6.07) is 0. The van der Waals surface area contributed by atoms with E-state index < -0.39 is 6.10 Å². The smallest absolute Gasteiger partial charge is 0.306 e. The van der Waals surface area contributed by atoms with Gasteiger partial charge >= 0.3 is 17.9 Å². The van der Waals surface area contributed by atoms with Crippen molar-refractivity contribution >= 4 is 17.9 Å². The molecule has 0 saturated carbocycles. The monoisotopic (exact) mass is 999 g/mol. The van der Waals surface area contributed by atoms with Gasteiger partial charge in [0.1, 0.15) is 13.2 Å². The zero-order chi connectivity index (χ0) is 52.2. The third kappa shape index (κ3) is 57.0. The third-order valence-corrected chi connectivity index (χ3v) is 12.5. The lowest BCUT2D eigenvalue weighted by Crippen LogP contribution is -2.30. The molecular weight excluding hydrogens is 889 g/mol. The van der Waals surface area contributed by atoms with Gasteiger partial charge in [0.15, 0.2) is 6.10 Å². The van der Waals surface area contributed by atoms with Gasteiger partial charge in [0.2, 0.25) is 0 Å². The van der Waals surface area contributed by atoms with Crippen LogP contribution in [0.5, 0.6) is 0 Å². The number of hydrogen-bond donors (Lipinski definition) is 0. The van der Waals surface area contributed by atoms with E-state index >= 15 is 0 Å². The van der Waals surface area contributed by atoms with Crippen LogP contribution in [0, 0.1) is 0 Å². The maximum atomic E-state index is 12.9. The Morgan fingerprint density at radius 1 is 0.292 bits per heavy atom. The molecule has 0 aromatic rings. The van der Waals surface area contributed by atoms with Gasteiger partial charge in [-0.05, 0) is 116 Å². The maximum absolute atomic E-state index is 12.9. The Kier molecular flexibility index (Phi) is 56.4. The Morgan fingerprint density at radius 2 is 0.569 bits per heavy atom. The number of allylic oxidation sites excluding steroid dienone is 18. The van der Waals surface area contributed by atoms with E-state index in [4.69, 9.17) is 14.2 Å². The number of ether oxygens (including phenoxy) is 3. The number of esters is 3. The van der Waals surface area contributed by atoms with E-state index in [1.807, 2.05) is 6.08 Å². The molecule has 0 radical (unpaired) electrons. The molecule has 0 amide bonds. The van der Waals surface area contributed by atoms with Gasteiger partial charge in [0, 0.05) is 19.3 Å². The first-order valence-electron chi connectivity index (χ1n) is 29.9. The minimum atomic E-state index is -0.819. The molecule has 0 aromatic heterocycles. The van der Waals surface area contributed by atoms with Crippen LogP contribution >= 0.6 is 0 Å². The van der Waals surface area contributed by atoms with Gasteiger partial charge in [0.25, 0.3) is 0 Å². The van der Waals surface area contributed by atoms with Gasteiger partial charge in [-0.15, -0.1) is 0 Å². The average molecular weight is 1000 g/mol. The van der Waals surface area contributed by atoms with Crippen LogP contribution < -0.4 is 0 Å². The van der Waals surface area contributed by atoms with Crippen molar-refractivity contribution in [3.63, 3.8) is 0 Å². The normalized spacial score (nSPS) is 12.9. The molecule has 0 aliphatic heterocycles. The third-order valence-electron chi connectivity index (χ3n) is 12.5. The summed E-state index contributed by atoms with van der Waals surface area (Å²) in [5.74, 6) is -1.01. The summed E-state index contributed by atoms with van der Waals surface area (Å²) in [7, 11) is 0. The van der Waals surface area contributed by atoms with Gasteiger partial charge in [-0.25, -0.2) is 0 Å². The van der Waals surface area contributed by atoms with Crippen LogP contribution in [0.25, 0.3) is 0 Å². The zero-order valence-corrected chi connectivity index (χ0v) is 46.9. The van der Waals surface area contributed by atoms with Gasteiger partial charge in [-0.1, -0.05) is 246 Å². The predicted octanol–water partition coefficient (Wildman–Crippen LogP) is 20.3. The summed E-state index contributed by atoms with van der Waals surface area (Å²) < 4.78 is 16.8. The molecule has 0 heterocycles. The van der Waals surface area contributed by atoms with Gasteiger partial charge in [-0.3, -0.25) is 14.4 Å². The van der Waals surface area contributed by atoms with E-state index in [0.29, 0.717) is 19.3 Å². The van der Waals surface area contributed by atoms with Crippen LogP contribution in [0.15, 0.2) is 109 Å². The predicted molar refractivity (Wildman–Crippen MR) is 311 cm³/mol. The fraction of sp³-hybridized carbons (Fsp3) is 0.682. The molecule has 0 bridgehead atoms. The second kappa shape index (κ2) is 59.6. The van der Waals surface area contributed by atoms with Crippen LogP contribution in [0.3, 0.4) is 0 Å². The van der Waals surface area contributed by atoms with E-state index in [1.54, 1.807) is 0 Å². The number of rotatable bonds is 53. The lowest BCUT2D eigenvalue weighted by molar-refractivity contribution is -0.166. The molecule has 0 aliphatic carbocycles. The first kappa shape index (κ1) is 68.1. The fourth-order valence-electron chi connectivity index (χ4n) is 8.02. The SMILES string of the molecule is CC/C=C\C/C=C\C/C=C\C/C=C\C/C=C\C/C=C\CCC(=O)OCC(COC(=O)CCCCCCCCC/C=C\C/C=C\CCCCC)OC(=O)CCCCCCC/C=C\CCCCCCCCCCC. The minimum Gasteiger partial charge on any atom is -0.462 e. The Labute approximate surface area is 444 Å². The van der Waals surface area contributed by atoms with Crippen molar-refractivity contribution in [1.29, 1.82) is 0 Å². The molecular formula is C66H110O6. The first-order valence-corrected chi connectivity index (χ1v) is 29.9. The molecule has 6 nitrogen and oxygen atoms in total. The molecule has 1 atom stereocenters. The number of unbranched alkanes of at least 4 members (excludes halogenated alkanes) is 24. The van der Waals surface area contributed by atoms with Gasteiger partial charge in [0.05, 0.1) is 0 Å². The first-order chi connectivity index (χ1) is 35.5. The topological polar surface area (TPSA) is 78.9 Å². The lowest BCUT2D eigenvalue weighted by Gasteiger charge is -2.18. The second-order valence-corrected chi connectivity index (χ2v) is 19.5. The number of carbonyl (C=O) groups excluding carboxylic acids is 3. The largest absolute Gasteiger partial charge is 0.462 e. The van der Waals surface area contributed by atoms with Crippen molar-refractivity contribution in [3.05, 3.63) is 109 Å². The molecule has 0 fully saturated rings. The summed E-state index contributed by atoms with van der Waals surface area (Å²) in [5.41, 5.74) is 0. The Balaban J connectivity index is 4.53. The van der Waals surface area contributed by atoms with Crippen molar-refractivity contribution in [3.8, 4) is 0 Å². The maximum Gasteiger partial charge on any atom is 0.306 e. The molecule has 0 N–H and O–H groups in total. The van der Waals surface area contributed by atoms with Crippen molar-refractivity contribution in [1.82, 2.24) is 0 Å². The van der Waals surface area contributed by atoms with E-state index in [-0.39, 0.29) is 37.5 Å². The standard InChI is InChI=1S/C66H110O6/c1-4-7-10-13-16-19-22-25-28-31-33-36-38-41-44-47-50-53-56-59-65(68)71-62-63(61-70-64(67)58-55-52-49-46-43-40-37-34-30-27-24-21-18-15-12-9-6-3)72-66(69)60-57-54-51-48-45-42-39-35-32-29-26-23-20-17-14-11-8-5-2/h7,10,16,18-19,21,25,27-28,30,33,35-36,39,41,44,50,53,63H,4-6,8-9,11-15,17,20,22-24,26,29,31-32,34,37-38,40,42-43,45-49,51-52,54-62H2,1-3H3/b10-7-,19-16-,21-18-,28-25-,30-27-,36-33-,39-35-,44-41-,53-50-. The average Bonchev–Trinajstić information content (AvgIpc) is 3.38. The van der Waals surface area contributed by atoms with Crippen molar-refractivity contribution in [2.45, 2.75) is 277 Å². The Morgan fingerprint density at radius 3 is 0.972 bits per heavy atom. The second-order valence-electron chi connectivity index (χ2n) is 19.5. The van der Waals surface area contributed by atoms with Crippen molar-refractivity contribution in [2.24, 2.45) is 0 Å². The molecule has 410 valence electrons. The number of hydrogen-bond acceptors (Lipinski definition) is 6. The van der Waals surface area contributed by atoms with Crippen LogP contribution in [0.2, 0.25) is 0 Å². The Bertz CT molecular complexity index is 1470. The summed E-state index contributed by atoms with van der Waals surface area (Å²) in [6.45, 7) is 6.43. The van der Waals surface area contributed by atoms with E-state index in [9.17, 15) is 14.4 Å². The number of carbonyl (C=O) groups is 3. The van der Waals surface area contributed by atoms with Crippen LogP contribution in [0.1, 0.15) is 271 Å². The highest BCUT2D eigenvalue weighted by molar-refractivity contribution is 5.71. The molecule has 1 unspecified atom stereocenters. The van der Waals surface area contributed by atoms with Crippen LogP contribution in [0.4, 0.5) is 0 Å². The quantitative estimate of drug-likeness (QED) is 0.0261. The summed E-state index contributed by atoms with van der Waals surface area (Å²) >= 11 is 0. The summed E-state index contributed by atoms with van der Waals surface area (Å²) in [5, 5.41) is 0. The molecule has 6 heteroatoms. The molecule has 0 saturated heterocycles. The van der Waals surface area contributed by atoms with Gasteiger partial charge < -0.3 is 14.2 Å². The summed E-state index contributed by atoms with van der Waals surface area (Å²) in [6.07, 6.45) is 80.9. The minimum absolute atomic E-state index is 0.110. The van der Waals surface area contributed by atoms with E-state index in [2.05, 4.69) is 124 Å². The van der Waals surface area contributed by atoms with Crippen molar-refractivity contribution < 1.29 is 28.6 Å². The Hall–Kier alpha value is -3.93. The summed E-state index contributed by atoms with van der Waals surface area (Å²) in [4.78, 5) is 38.2. The zero-order valence-electron chi connectivity index (χ0n) is 46.9. The molecule has 72 heavy (non-hydrogen) atoms. The van der Waals surface area contributed by atoms with E-state index in [0.717, 1.165) is 103 Å². The van der Waals surface area contributed by atoms with Crippen LogP contribution in [-0.4, -0.2) is 37.2 Å². The van der Waals surface area contributed by atoms with E-state index in [1.165, 1.54) is 122 Å². The van der Waals surface area contributed by atoms with Crippen LogP contribution in [-0.2, 0) is 28.6 Å². The molecule has 0 aromatic carbocycles. The molecule has 0 aliphatic rings. The molecule has 0 rings (SSSR count). The highest BCUT2D eigenvalue weighted by atomic mass is 16.6. The highest BCUT2D eigenvalue weighted by Crippen LogP contribution is 2.14. The fourth-order valence-corrected chi connectivity index (χ4v) is 8.02. The highest BCUT2D eigenvalue weighted by Gasteiger charge is 2.19. The van der Waals surface area contributed by atoms with Gasteiger partial charge in [-0.2, -0.15) is 0 Å².